The van der Waals surface area contributed by atoms with Crippen molar-refractivity contribution in [3.05, 3.63) is 29.8 Å². The van der Waals surface area contributed by atoms with Gasteiger partial charge in [-0.1, -0.05) is 19.1 Å². The molecule has 0 bridgehead atoms. The minimum absolute atomic E-state index is 0.123. The molecule has 0 spiro atoms. The zero-order chi connectivity index (χ0) is 12.3. The first-order chi connectivity index (χ1) is 8.17. The molecule has 1 aliphatic rings. The first-order valence-electron chi connectivity index (χ1n) is 6.04. The zero-order valence-electron chi connectivity index (χ0n) is 10.1. The molecule has 0 saturated heterocycles. The lowest BCUT2D eigenvalue weighted by Crippen LogP contribution is -2.45. The highest BCUT2D eigenvalue weighted by Gasteiger charge is 2.26. The second kappa shape index (κ2) is 5.19. The molecule has 0 aromatic heterocycles. The van der Waals surface area contributed by atoms with Gasteiger partial charge in [-0.05, 0) is 36.5 Å². The normalized spacial score (nSPS) is 22.7. The number of benzene rings is 1. The number of amides is 2. The maximum Gasteiger partial charge on any atom is 0.319 e. The van der Waals surface area contributed by atoms with Crippen molar-refractivity contribution in [2.45, 2.75) is 32.4 Å². The molecule has 17 heavy (non-hydrogen) atoms. The van der Waals surface area contributed by atoms with E-state index in [1.807, 2.05) is 24.3 Å². The van der Waals surface area contributed by atoms with Crippen molar-refractivity contribution in [2.24, 2.45) is 11.7 Å². The topological polar surface area (TPSA) is 67.2 Å². The lowest BCUT2D eigenvalue weighted by atomic mass is 9.82. The van der Waals surface area contributed by atoms with Crippen LogP contribution in [0.4, 0.5) is 10.5 Å². The predicted octanol–water partition coefficient (Wildman–Crippen LogP) is 2.07. The highest BCUT2D eigenvalue weighted by molar-refractivity contribution is 5.89. The maximum absolute atomic E-state index is 11.6. The third-order valence-corrected chi connectivity index (χ3v) is 3.16. The summed E-state index contributed by atoms with van der Waals surface area (Å²) in [6, 6.07) is 7.79. The standard InChI is InChI=1S/C13H19N3O/c1-9-6-12(7-9)16-13(17)15-11-4-2-10(8-14)3-5-11/h2-5,9,12H,6-8,14H2,1H3,(H2,15,16,17). The van der Waals surface area contributed by atoms with Gasteiger partial charge in [0, 0.05) is 18.3 Å². The average molecular weight is 233 g/mol. The second-order valence-electron chi connectivity index (χ2n) is 4.77. The monoisotopic (exact) mass is 233 g/mol. The Morgan fingerprint density at radius 2 is 2.00 bits per heavy atom. The summed E-state index contributed by atoms with van der Waals surface area (Å²) in [6.07, 6.45) is 2.17. The van der Waals surface area contributed by atoms with E-state index < -0.39 is 0 Å². The lowest BCUT2D eigenvalue weighted by Gasteiger charge is -2.33. The number of anilines is 1. The fourth-order valence-electron chi connectivity index (χ4n) is 2.10. The van der Waals surface area contributed by atoms with Crippen molar-refractivity contribution in [3.63, 3.8) is 0 Å². The summed E-state index contributed by atoms with van der Waals surface area (Å²) < 4.78 is 0. The molecule has 1 aromatic rings. The number of hydrogen-bond acceptors (Lipinski definition) is 2. The van der Waals surface area contributed by atoms with Crippen molar-refractivity contribution < 1.29 is 4.79 Å². The smallest absolute Gasteiger partial charge is 0.319 e. The molecular weight excluding hydrogens is 214 g/mol. The first kappa shape index (κ1) is 11.9. The molecule has 2 rings (SSSR count). The van der Waals surface area contributed by atoms with E-state index in [4.69, 9.17) is 5.73 Å². The summed E-state index contributed by atoms with van der Waals surface area (Å²) in [5, 5.41) is 5.77. The summed E-state index contributed by atoms with van der Waals surface area (Å²) in [7, 11) is 0. The van der Waals surface area contributed by atoms with E-state index >= 15 is 0 Å². The Bertz CT molecular complexity index is 382. The molecule has 4 N–H and O–H groups in total. The van der Waals surface area contributed by atoms with Gasteiger partial charge < -0.3 is 16.4 Å². The third kappa shape index (κ3) is 3.20. The van der Waals surface area contributed by atoms with Crippen LogP contribution >= 0.6 is 0 Å². The number of nitrogens with two attached hydrogens (primary N) is 1. The Kier molecular flexibility index (Phi) is 3.64. The highest BCUT2D eigenvalue weighted by Crippen LogP contribution is 2.26. The van der Waals surface area contributed by atoms with Crippen LogP contribution in [0.3, 0.4) is 0 Å². The van der Waals surface area contributed by atoms with Gasteiger partial charge in [0.1, 0.15) is 0 Å². The van der Waals surface area contributed by atoms with Gasteiger partial charge in [-0.15, -0.1) is 0 Å². The Hall–Kier alpha value is -1.55. The van der Waals surface area contributed by atoms with Crippen LogP contribution < -0.4 is 16.4 Å². The average Bonchev–Trinajstić information content (AvgIpc) is 2.28. The van der Waals surface area contributed by atoms with E-state index in [-0.39, 0.29) is 6.03 Å². The molecule has 1 aromatic carbocycles. The van der Waals surface area contributed by atoms with Gasteiger partial charge in [0.15, 0.2) is 0 Å². The van der Waals surface area contributed by atoms with Crippen molar-refractivity contribution >= 4 is 11.7 Å². The van der Waals surface area contributed by atoms with Crippen LogP contribution in [0, 0.1) is 5.92 Å². The predicted molar refractivity (Wildman–Crippen MR) is 68.7 cm³/mol. The van der Waals surface area contributed by atoms with E-state index in [1.54, 1.807) is 0 Å². The Morgan fingerprint density at radius 1 is 1.35 bits per heavy atom. The van der Waals surface area contributed by atoms with Gasteiger partial charge in [-0.3, -0.25) is 0 Å². The van der Waals surface area contributed by atoms with E-state index in [0.717, 1.165) is 30.0 Å². The lowest BCUT2D eigenvalue weighted by molar-refractivity contribution is 0.219. The van der Waals surface area contributed by atoms with Crippen molar-refractivity contribution in [2.75, 3.05) is 5.32 Å². The molecular formula is C13H19N3O. The Labute approximate surface area is 102 Å². The summed E-state index contributed by atoms with van der Waals surface area (Å²) >= 11 is 0. The molecule has 0 atom stereocenters. The van der Waals surface area contributed by atoms with Gasteiger partial charge >= 0.3 is 6.03 Å². The molecule has 0 unspecified atom stereocenters. The zero-order valence-corrected chi connectivity index (χ0v) is 10.1. The second-order valence-corrected chi connectivity index (χ2v) is 4.77. The summed E-state index contributed by atoms with van der Waals surface area (Å²) in [4.78, 5) is 11.6. The van der Waals surface area contributed by atoms with Crippen molar-refractivity contribution in [3.8, 4) is 0 Å². The molecule has 4 nitrogen and oxygen atoms in total. The van der Waals surface area contributed by atoms with Crippen molar-refractivity contribution in [1.29, 1.82) is 0 Å². The van der Waals surface area contributed by atoms with Crippen LogP contribution in [-0.2, 0) is 6.54 Å². The molecule has 2 amide bonds. The number of urea groups is 1. The minimum atomic E-state index is -0.123. The number of hydrogen-bond donors (Lipinski definition) is 3. The molecule has 0 aliphatic heterocycles. The van der Waals surface area contributed by atoms with Gasteiger partial charge in [0.2, 0.25) is 0 Å². The molecule has 1 fully saturated rings. The Morgan fingerprint density at radius 3 is 2.53 bits per heavy atom. The number of carbonyl (C=O) groups is 1. The van der Waals surface area contributed by atoms with Crippen LogP contribution in [0.15, 0.2) is 24.3 Å². The molecule has 4 heteroatoms. The largest absolute Gasteiger partial charge is 0.335 e. The third-order valence-electron chi connectivity index (χ3n) is 3.16. The SMILES string of the molecule is CC1CC(NC(=O)Nc2ccc(CN)cc2)C1. The van der Waals surface area contributed by atoms with E-state index in [9.17, 15) is 4.79 Å². The van der Waals surface area contributed by atoms with Crippen molar-refractivity contribution in [1.82, 2.24) is 5.32 Å². The number of nitrogens with one attached hydrogen (secondary N) is 2. The van der Waals surface area contributed by atoms with E-state index in [1.165, 1.54) is 0 Å². The molecule has 0 heterocycles. The molecule has 92 valence electrons. The van der Waals surface area contributed by atoms with Crippen LogP contribution in [0.25, 0.3) is 0 Å². The Balaban J connectivity index is 1.81. The summed E-state index contributed by atoms with van der Waals surface area (Å²) in [5.74, 6) is 0.740. The van der Waals surface area contributed by atoms with Gasteiger partial charge in [0.25, 0.3) is 0 Å². The minimum Gasteiger partial charge on any atom is -0.335 e. The quantitative estimate of drug-likeness (QED) is 0.748. The van der Waals surface area contributed by atoms with Gasteiger partial charge in [-0.25, -0.2) is 4.79 Å². The molecule has 0 radical (unpaired) electrons. The van der Waals surface area contributed by atoms with Gasteiger partial charge in [-0.2, -0.15) is 0 Å². The van der Waals surface area contributed by atoms with Crippen LogP contribution in [-0.4, -0.2) is 12.1 Å². The number of carbonyl (C=O) groups excluding carboxylic acids is 1. The highest BCUT2D eigenvalue weighted by atomic mass is 16.2. The molecule has 1 aliphatic carbocycles. The fourth-order valence-corrected chi connectivity index (χ4v) is 2.10. The van der Waals surface area contributed by atoms with E-state index in [0.29, 0.717) is 12.6 Å². The van der Waals surface area contributed by atoms with Crippen LogP contribution in [0.1, 0.15) is 25.3 Å². The fraction of sp³-hybridized carbons (Fsp3) is 0.462. The number of rotatable bonds is 3. The molecule has 1 saturated carbocycles. The maximum atomic E-state index is 11.6. The first-order valence-corrected chi connectivity index (χ1v) is 6.04. The van der Waals surface area contributed by atoms with Crippen LogP contribution in [0.2, 0.25) is 0 Å². The summed E-state index contributed by atoms with van der Waals surface area (Å²) in [5.41, 5.74) is 7.36. The van der Waals surface area contributed by atoms with Gasteiger partial charge in [0.05, 0.1) is 0 Å². The van der Waals surface area contributed by atoms with Crippen LogP contribution in [0.5, 0.6) is 0 Å². The van der Waals surface area contributed by atoms with E-state index in [2.05, 4.69) is 17.6 Å². The summed E-state index contributed by atoms with van der Waals surface area (Å²) in [6.45, 7) is 2.72.